The van der Waals surface area contributed by atoms with Gasteiger partial charge in [0.1, 0.15) is 0 Å². The van der Waals surface area contributed by atoms with Gasteiger partial charge in [-0.3, -0.25) is 0 Å². The molecule has 0 spiro atoms. The van der Waals surface area contributed by atoms with Crippen LogP contribution in [0, 0.1) is 0 Å². The molecule has 0 bridgehead atoms. The summed E-state index contributed by atoms with van der Waals surface area (Å²) in [7, 11) is 0. The van der Waals surface area contributed by atoms with Gasteiger partial charge in [-0.15, -0.1) is 0 Å². The van der Waals surface area contributed by atoms with Gasteiger partial charge >= 0.3 is 0 Å². The molecule has 0 saturated heterocycles. The van der Waals surface area contributed by atoms with Crippen LogP contribution in [0.3, 0.4) is 0 Å². The van der Waals surface area contributed by atoms with Crippen molar-refractivity contribution in [3.63, 3.8) is 0 Å². The lowest BCUT2D eigenvalue weighted by molar-refractivity contribution is 0.269. The van der Waals surface area contributed by atoms with E-state index in [9.17, 15) is 0 Å². The van der Waals surface area contributed by atoms with Crippen molar-refractivity contribution in [1.29, 1.82) is 0 Å². The first-order valence-corrected chi connectivity index (χ1v) is 3.76. The molecule has 0 aliphatic rings. The summed E-state index contributed by atoms with van der Waals surface area (Å²) < 4.78 is 5.03. The van der Waals surface area contributed by atoms with Crippen molar-refractivity contribution in [2.75, 3.05) is 6.61 Å². The van der Waals surface area contributed by atoms with Gasteiger partial charge in [0.2, 0.25) is 0 Å². The van der Waals surface area contributed by atoms with Crippen molar-refractivity contribution in [3.8, 4) is 0 Å². The molecule has 1 heteroatoms. The van der Waals surface area contributed by atoms with E-state index in [4.69, 9.17) is 4.74 Å². The SMILES string of the molecule is CC/C=C(C)/C=C/OCC. The second-order valence-electron chi connectivity index (χ2n) is 2.11. The van der Waals surface area contributed by atoms with Crippen molar-refractivity contribution >= 4 is 0 Å². The van der Waals surface area contributed by atoms with Gasteiger partial charge in [-0.25, -0.2) is 0 Å². The van der Waals surface area contributed by atoms with Gasteiger partial charge in [-0.2, -0.15) is 0 Å². The van der Waals surface area contributed by atoms with Gasteiger partial charge in [0, 0.05) is 0 Å². The predicted octanol–water partition coefficient (Wildman–Crippen LogP) is 2.89. The molecule has 58 valence electrons. The number of hydrogen-bond donors (Lipinski definition) is 0. The molecule has 0 N–H and O–H groups in total. The Balaban J connectivity index is 3.55. The lowest BCUT2D eigenvalue weighted by Crippen LogP contribution is -1.76. The minimum absolute atomic E-state index is 0.746. The molecule has 0 aliphatic carbocycles. The zero-order valence-electron chi connectivity index (χ0n) is 7.05. The molecular formula is C9H16O. The Kier molecular flexibility index (Phi) is 5.94. The summed E-state index contributed by atoms with van der Waals surface area (Å²) in [6.45, 7) is 6.91. The van der Waals surface area contributed by atoms with Crippen LogP contribution in [0.5, 0.6) is 0 Å². The first-order chi connectivity index (χ1) is 4.81. The van der Waals surface area contributed by atoms with E-state index in [2.05, 4.69) is 19.9 Å². The van der Waals surface area contributed by atoms with Crippen molar-refractivity contribution in [2.24, 2.45) is 0 Å². The molecule has 0 saturated carbocycles. The minimum Gasteiger partial charge on any atom is -0.501 e. The van der Waals surface area contributed by atoms with Crippen LogP contribution in [0.25, 0.3) is 0 Å². The fraction of sp³-hybridized carbons (Fsp3) is 0.556. The molecule has 0 radical (unpaired) electrons. The zero-order valence-corrected chi connectivity index (χ0v) is 7.05. The van der Waals surface area contributed by atoms with Crippen LogP contribution in [0.15, 0.2) is 24.0 Å². The van der Waals surface area contributed by atoms with Crippen molar-refractivity contribution in [2.45, 2.75) is 27.2 Å². The highest BCUT2D eigenvalue weighted by atomic mass is 16.5. The Morgan fingerprint density at radius 2 is 2.10 bits per heavy atom. The number of hydrogen-bond acceptors (Lipinski definition) is 1. The van der Waals surface area contributed by atoms with Gasteiger partial charge in [0.25, 0.3) is 0 Å². The first kappa shape index (κ1) is 9.28. The molecule has 0 rings (SSSR count). The van der Waals surface area contributed by atoms with Crippen LogP contribution in [0.1, 0.15) is 27.2 Å². The van der Waals surface area contributed by atoms with Gasteiger partial charge < -0.3 is 4.74 Å². The van der Waals surface area contributed by atoms with Crippen LogP contribution in [0.4, 0.5) is 0 Å². The maximum absolute atomic E-state index is 5.03. The van der Waals surface area contributed by atoms with Crippen LogP contribution < -0.4 is 0 Å². The Labute approximate surface area is 63.4 Å². The maximum atomic E-state index is 5.03. The fourth-order valence-corrected chi connectivity index (χ4v) is 0.642. The minimum atomic E-state index is 0.746. The number of ether oxygens (including phenoxy) is 1. The second-order valence-corrected chi connectivity index (χ2v) is 2.11. The molecular weight excluding hydrogens is 124 g/mol. The quantitative estimate of drug-likeness (QED) is 0.431. The molecule has 0 aromatic carbocycles. The third kappa shape index (κ3) is 5.42. The molecule has 0 fully saturated rings. The average Bonchev–Trinajstić information content (AvgIpc) is 1.89. The molecule has 0 heterocycles. The molecule has 0 atom stereocenters. The van der Waals surface area contributed by atoms with Gasteiger partial charge in [0.15, 0.2) is 0 Å². The highest BCUT2D eigenvalue weighted by molar-refractivity contribution is 5.13. The topological polar surface area (TPSA) is 9.23 Å². The van der Waals surface area contributed by atoms with Crippen LogP contribution in [-0.2, 0) is 4.74 Å². The number of rotatable bonds is 4. The molecule has 0 amide bonds. The highest BCUT2D eigenvalue weighted by Crippen LogP contribution is 1.96. The van der Waals surface area contributed by atoms with E-state index in [1.165, 1.54) is 5.57 Å². The predicted molar refractivity (Wildman–Crippen MR) is 44.8 cm³/mol. The van der Waals surface area contributed by atoms with Crippen molar-refractivity contribution in [1.82, 2.24) is 0 Å². The average molecular weight is 140 g/mol. The summed E-state index contributed by atoms with van der Waals surface area (Å²) in [6, 6.07) is 0. The van der Waals surface area contributed by atoms with Crippen LogP contribution in [-0.4, -0.2) is 6.61 Å². The second kappa shape index (κ2) is 6.40. The van der Waals surface area contributed by atoms with E-state index in [1.54, 1.807) is 6.26 Å². The summed E-state index contributed by atoms with van der Waals surface area (Å²) in [6.07, 6.45) is 6.96. The summed E-state index contributed by atoms with van der Waals surface area (Å²) >= 11 is 0. The van der Waals surface area contributed by atoms with Crippen molar-refractivity contribution < 1.29 is 4.74 Å². The Bertz CT molecular complexity index is 123. The van der Waals surface area contributed by atoms with E-state index >= 15 is 0 Å². The molecule has 0 aromatic rings. The molecule has 0 aliphatic heterocycles. The van der Waals surface area contributed by atoms with Crippen molar-refractivity contribution in [3.05, 3.63) is 24.0 Å². The molecule has 0 unspecified atom stereocenters. The van der Waals surface area contributed by atoms with E-state index in [0.717, 1.165) is 13.0 Å². The molecule has 1 nitrogen and oxygen atoms in total. The van der Waals surface area contributed by atoms with Crippen LogP contribution >= 0.6 is 0 Å². The van der Waals surface area contributed by atoms with E-state index in [0.29, 0.717) is 0 Å². The lowest BCUT2D eigenvalue weighted by Gasteiger charge is -1.92. The van der Waals surface area contributed by atoms with Crippen LogP contribution in [0.2, 0.25) is 0 Å². The molecule has 0 aromatic heterocycles. The normalized spacial score (nSPS) is 12.5. The Morgan fingerprint density at radius 1 is 1.40 bits per heavy atom. The monoisotopic (exact) mass is 140 g/mol. The smallest absolute Gasteiger partial charge is 0.0845 e. The van der Waals surface area contributed by atoms with E-state index in [1.807, 2.05) is 13.0 Å². The summed E-state index contributed by atoms with van der Waals surface area (Å²) in [5.41, 5.74) is 1.26. The largest absolute Gasteiger partial charge is 0.501 e. The third-order valence-corrected chi connectivity index (χ3v) is 1.12. The molecule has 10 heavy (non-hydrogen) atoms. The first-order valence-electron chi connectivity index (χ1n) is 3.76. The number of allylic oxidation sites excluding steroid dienone is 3. The summed E-state index contributed by atoms with van der Waals surface area (Å²) in [5, 5.41) is 0. The van der Waals surface area contributed by atoms with E-state index in [-0.39, 0.29) is 0 Å². The van der Waals surface area contributed by atoms with Gasteiger partial charge in [-0.05, 0) is 26.3 Å². The maximum Gasteiger partial charge on any atom is 0.0845 e. The lowest BCUT2D eigenvalue weighted by atomic mass is 10.2. The Hall–Kier alpha value is -0.720. The third-order valence-electron chi connectivity index (χ3n) is 1.12. The summed E-state index contributed by atoms with van der Waals surface area (Å²) in [4.78, 5) is 0. The highest BCUT2D eigenvalue weighted by Gasteiger charge is 1.77. The fourth-order valence-electron chi connectivity index (χ4n) is 0.642. The summed E-state index contributed by atoms with van der Waals surface area (Å²) in [5.74, 6) is 0. The van der Waals surface area contributed by atoms with E-state index < -0.39 is 0 Å². The Morgan fingerprint density at radius 3 is 2.60 bits per heavy atom. The standard InChI is InChI=1S/C9H16O/c1-4-6-9(3)7-8-10-5-2/h6-8H,4-5H2,1-3H3/b8-7+,9-6+. The van der Waals surface area contributed by atoms with Gasteiger partial charge in [0.05, 0.1) is 12.9 Å². The van der Waals surface area contributed by atoms with Gasteiger partial charge in [-0.1, -0.05) is 18.6 Å². The zero-order chi connectivity index (χ0) is 7.82.